The van der Waals surface area contributed by atoms with Crippen LogP contribution in [0.1, 0.15) is 59.8 Å². The maximum atomic E-state index is 2.73. The first-order valence-electron chi connectivity index (χ1n) is 8.76. The van der Waals surface area contributed by atoms with Gasteiger partial charge in [0.2, 0.25) is 0 Å². The van der Waals surface area contributed by atoms with Crippen molar-refractivity contribution in [1.29, 1.82) is 0 Å². The van der Waals surface area contributed by atoms with Crippen LogP contribution < -0.4 is 0 Å². The number of hydrogen-bond donors (Lipinski definition) is 0. The quantitative estimate of drug-likeness (QED) is 0.764. The van der Waals surface area contributed by atoms with E-state index in [1.165, 1.54) is 71.4 Å². The first-order valence-corrected chi connectivity index (χ1v) is 8.76. The molecule has 0 radical (unpaired) electrons. The monoisotopic (exact) mass is 268 g/mol. The second-order valence-corrected chi connectivity index (χ2v) is 6.03. The first-order chi connectivity index (χ1) is 9.31. The van der Waals surface area contributed by atoms with Crippen molar-refractivity contribution in [2.45, 2.75) is 59.8 Å². The van der Waals surface area contributed by atoms with E-state index in [0.29, 0.717) is 0 Å². The molecule has 2 rings (SSSR count). The van der Waals surface area contributed by atoms with Crippen LogP contribution in [0.5, 0.6) is 0 Å². The van der Waals surface area contributed by atoms with E-state index in [1.54, 1.807) is 0 Å². The van der Waals surface area contributed by atoms with Crippen molar-refractivity contribution in [2.75, 3.05) is 39.3 Å². The van der Waals surface area contributed by atoms with Gasteiger partial charge >= 0.3 is 0 Å². The van der Waals surface area contributed by atoms with Crippen molar-refractivity contribution in [3.8, 4) is 0 Å². The van der Waals surface area contributed by atoms with Crippen LogP contribution in [0, 0.1) is 11.8 Å². The van der Waals surface area contributed by atoms with Crippen LogP contribution in [0.3, 0.4) is 0 Å². The number of rotatable bonds is 4. The Hall–Kier alpha value is -0.0800. The normalized spacial score (nSPS) is 24.0. The third kappa shape index (κ3) is 5.83. The fraction of sp³-hybridized carbons (Fsp3) is 1.00. The Morgan fingerprint density at radius 1 is 0.737 bits per heavy atom. The fourth-order valence-electron chi connectivity index (χ4n) is 3.43. The molecule has 2 aliphatic heterocycles. The van der Waals surface area contributed by atoms with Gasteiger partial charge in [0.1, 0.15) is 0 Å². The molecular weight excluding hydrogens is 232 g/mol. The molecule has 2 heterocycles. The number of hydrogen-bond acceptors (Lipinski definition) is 2. The summed E-state index contributed by atoms with van der Waals surface area (Å²) in [6, 6.07) is 0. The first kappa shape index (κ1) is 17.0. The Balaban J connectivity index is 0.000000861. The second kappa shape index (κ2) is 9.77. The van der Waals surface area contributed by atoms with Crippen molar-refractivity contribution in [3.05, 3.63) is 0 Å². The SMILES string of the molecule is CC.CCC1CCN(CC2CCN(CC)CC2)CC1. The van der Waals surface area contributed by atoms with Gasteiger partial charge in [-0.15, -0.1) is 0 Å². The van der Waals surface area contributed by atoms with Gasteiger partial charge in [-0.3, -0.25) is 0 Å². The number of nitrogens with zero attached hydrogens (tertiary/aromatic N) is 2. The van der Waals surface area contributed by atoms with Gasteiger partial charge in [-0.05, 0) is 70.2 Å². The van der Waals surface area contributed by atoms with Crippen molar-refractivity contribution in [1.82, 2.24) is 9.80 Å². The Morgan fingerprint density at radius 2 is 1.21 bits per heavy atom. The minimum Gasteiger partial charge on any atom is -0.304 e. The van der Waals surface area contributed by atoms with Gasteiger partial charge in [-0.25, -0.2) is 0 Å². The maximum Gasteiger partial charge on any atom is 0.00106 e. The molecule has 0 aromatic carbocycles. The molecule has 2 aliphatic rings. The van der Waals surface area contributed by atoms with Crippen LogP contribution in [0.4, 0.5) is 0 Å². The third-order valence-corrected chi connectivity index (χ3v) is 4.96. The van der Waals surface area contributed by atoms with Crippen molar-refractivity contribution in [2.24, 2.45) is 11.8 Å². The highest BCUT2D eigenvalue weighted by molar-refractivity contribution is 4.77. The molecule has 0 aliphatic carbocycles. The topological polar surface area (TPSA) is 6.48 Å². The minimum atomic E-state index is 0.982. The molecule has 2 fully saturated rings. The molecule has 0 N–H and O–H groups in total. The largest absolute Gasteiger partial charge is 0.304 e. The van der Waals surface area contributed by atoms with Gasteiger partial charge in [0.05, 0.1) is 0 Å². The molecule has 2 heteroatoms. The van der Waals surface area contributed by atoms with Crippen LogP contribution in [0.2, 0.25) is 0 Å². The molecule has 0 aromatic heterocycles. The number of likely N-dealkylation sites (tertiary alicyclic amines) is 2. The molecule has 0 aromatic rings. The highest BCUT2D eigenvalue weighted by atomic mass is 15.1. The molecule has 2 nitrogen and oxygen atoms in total. The third-order valence-electron chi connectivity index (χ3n) is 4.96. The lowest BCUT2D eigenvalue weighted by atomic mass is 9.91. The van der Waals surface area contributed by atoms with E-state index < -0.39 is 0 Å². The van der Waals surface area contributed by atoms with Crippen molar-refractivity contribution in [3.63, 3.8) is 0 Å². The summed E-state index contributed by atoms with van der Waals surface area (Å²) in [5.41, 5.74) is 0. The molecule has 0 atom stereocenters. The lowest BCUT2D eigenvalue weighted by molar-refractivity contribution is 0.119. The highest BCUT2D eigenvalue weighted by Gasteiger charge is 2.23. The lowest BCUT2D eigenvalue weighted by Crippen LogP contribution is -2.41. The van der Waals surface area contributed by atoms with Gasteiger partial charge < -0.3 is 9.80 Å². The van der Waals surface area contributed by atoms with Crippen molar-refractivity contribution < 1.29 is 0 Å². The fourth-order valence-corrected chi connectivity index (χ4v) is 3.43. The van der Waals surface area contributed by atoms with E-state index in [1.807, 2.05) is 13.8 Å². The molecular formula is C17H36N2. The molecule has 0 amide bonds. The molecule has 0 bridgehead atoms. The van der Waals surface area contributed by atoms with Crippen LogP contribution in [-0.4, -0.2) is 49.1 Å². The lowest BCUT2D eigenvalue weighted by Gasteiger charge is -2.37. The summed E-state index contributed by atoms with van der Waals surface area (Å²) in [6.07, 6.45) is 7.15. The van der Waals surface area contributed by atoms with E-state index in [2.05, 4.69) is 23.6 Å². The second-order valence-electron chi connectivity index (χ2n) is 6.03. The zero-order chi connectivity index (χ0) is 14.1. The average Bonchev–Trinajstić information content (AvgIpc) is 2.51. The Morgan fingerprint density at radius 3 is 1.68 bits per heavy atom. The molecule has 0 unspecified atom stereocenters. The van der Waals surface area contributed by atoms with Gasteiger partial charge in [0.15, 0.2) is 0 Å². The summed E-state index contributed by atoms with van der Waals surface area (Å²) >= 11 is 0. The van der Waals surface area contributed by atoms with E-state index in [-0.39, 0.29) is 0 Å². The Kier molecular flexibility index (Phi) is 8.72. The number of piperidine rings is 2. The minimum absolute atomic E-state index is 0.982. The van der Waals surface area contributed by atoms with Crippen molar-refractivity contribution >= 4 is 0 Å². The smallest absolute Gasteiger partial charge is 0.00106 e. The van der Waals surface area contributed by atoms with E-state index in [9.17, 15) is 0 Å². The summed E-state index contributed by atoms with van der Waals surface area (Å²) in [6.45, 7) is 16.7. The van der Waals surface area contributed by atoms with Crippen LogP contribution in [-0.2, 0) is 0 Å². The summed E-state index contributed by atoms with van der Waals surface area (Å²) in [4.78, 5) is 5.33. The van der Waals surface area contributed by atoms with Gasteiger partial charge in [-0.2, -0.15) is 0 Å². The van der Waals surface area contributed by atoms with E-state index in [4.69, 9.17) is 0 Å². The summed E-state index contributed by atoms with van der Waals surface area (Å²) in [5, 5.41) is 0. The molecule has 2 saturated heterocycles. The van der Waals surface area contributed by atoms with E-state index in [0.717, 1.165) is 11.8 Å². The van der Waals surface area contributed by atoms with Gasteiger partial charge in [-0.1, -0.05) is 34.1 Å². The standard InChI is InChI=1S/C15H30N2.C2H6/c1-3-14-5-11-17(12-6-14)13-15-7-9-16(4-2)10-8-15;1-2/h14-15H,3-13H2,1-2H3;1-2H3. The van der Waals surface area contributed by atoms with Gasteiger partial charge in [0.25, 0.3) is 0 Å². The molecule has 0 spiro atoms. The van der Waals surface area contributed by atoms with Gasteiger partial charge in [0, 0.05) is 6.54 Å². The summed E-state index contributed by atoms with van der Waals surface area (Å²) < 4.78 is 0. The Bertz CT molecular complexity index is 179. The molecule has 0 saturated carbocycles. The maximum absolute atomic E-state index is 2.73. The average molecular weight is 268 g/mol. The predicted molar refractivity (Wildman–Crippen MR) is 85.6 cm³/mol. The zero-order valence-corrected chi connectivity index (χ0v) is 13.8. The Labute approximate surface area is 121 Å². The molecule has 114 valence electrons. The van der Waals surface area contributed by atoms with Crippen LogP contribution >= 0.6 is 0 Å². The molecule has 19 heavy (non-hydrogen) atoms. The van der Waals surface area contributed by atoms with Crippen LogP contribution in [0.15, 0.2) is 0 Å². The summed E-state index contributed by atoms with van der Waals surface area (Å²) in [7, 11) is 0. The van der Waals surface area contributed by atoms with E-state index >= 15 is 0 Å². The highest BCUT2D eigenvalue weighted by Crippen LogP contribution is 2.23. The predicted octanol–water partition coefficient (Wildman–Crippen LogP) is 3.87. The van der Waals surface area contributed by atoms with Crippen LogP contribution in [0.25, 0.3) is 0 Å². The zero-order valence-electron chi connectivity index (χ0n) is 13.8. The summed E-state index contributed by atoms with van der Waals surface area (Å²) in [5.74, 6) is 2.00.